The molecule has 3 aromatic carbocycles. The quantitative estimate of drug-likeness (QED) is 0.169. The molecule has 5 rings (SSSR count). The second-order valence-electron chi connectivity index (χ2n) is 9.19. The molecule has 1 N–H and O–H groups in total. The number of nitrogens with zero attached hydrogens (tertiary/aromatic N) is 2. The minimum atomic E-state index is -0.837. The topological polar surface area (TPSA) is 89.0 Å². The number of amides is 1. The molecular weight excluding hydrogens is 492 g/mol. The molecule has 0 radical (unpaired) electrons. The third kappa shape index (κ3) is 5.38. The lowest BCUT2D eigenvalue weighted by atomic mass is 9.94. The fraction of sp³-hybridized carbons (Fsp3) is 0.156. The van der Waals surface area contributed by atoms with E-state index in [2.05, 4.69) is 4.98 Å². The molecule has 196 valence electrons. The van der Waals surface area contributed by atoms with Gasteiger partial charge in [0.15, 0.2) is 0 Å². The van der Waals surface area contributed by atoms with E-state index in [4.69, 9.17) is 9.47 Å². The molecule has 1 aromatic heterocycles. The molecule has 4 aromatic rings. The van der Waals surface area contributed by atoms with Crippen molar-refractivity contribution in [1.29, 1.82) is 0 Å². The minimum Gasteiger partial charge on any atom is -0.507 e. The summed E-state index contributed by atoms with van der Waals surface area (Å²) in [4.78, 5) is 32.4. The van der Waals surface area contributed by atoms with Crippen molar-refractivity contribution in [3.63, 3.8) is 0 Å². The summed E-state index contributed by atoms with van der Waals surface area (Å²) in [5.41, 5.74) is 2.65. The van der Waals surface area contributed by atoms with Gasteiger partial charge in [-0.25, -0.2) is 0 Å². The Labute approximate surface area is 227 Å². The van der Waals surface area contributed by atoms with E-state index in [1.807, 2.05) is 56.3 Å². The summed E-state index contributed by atoms with van der Waals surface area (Å²) in [6.45, 7) is 4.41. The highest BCUT2D eigenvalue weighted by atomic mass is 16.5. The van der Waals surface area contributed by atoms with E-state index in [-0.39, 0.29) is 17.9 Å². The Hall–Kier alpha value is -4.91. The molecular formula is C32H28N2O5. The van der Waals surface area contributed by atoms with E-state index in [0.29, 0.717) is 35.0 Å². The number of carbonyl (C=O) groups is 2. The molecule has 0 bridgehead atoms. The van der Waals surface area contributed by atoms with E-state index < -0.39 is 17.7 Å². The van der Waals surface area contributed by atoms with Crippen LogP contribution in [0.1, 0.15) is 35.2 Å². The first-order chi connectivity index (χ1) is 19.0. The Kier molecular flexibility index (Phi) is 7.41. The summed E-state index contributed by atoms with van der Waals surface area (Å²) in [5, 5.41) is 11.5. The number of ketones is 1. The van der Waals surface area contributed by atoms with Crippen molar-refractivity contribution in [3.8, 4) is 17.2 Å². The van der Waals surface area contributed by atoms with Gasteiger partial charge in [-0.15, -0.1) is 0 Å². The number of hydrogen-bond acceptors (Lipinski definition) is 6. The molecule has 1 fully saturated rings. The average Bonchev–Trinajstić information content (AvgIpc) is 3.20. The fourth-order valence-corrected chi connectivity index (χ4v) is 4.72. The average molecular weight is 521 g/mol. The lowest BCUT2D eigenvalue weighted by molar-refractivity contribution is -0.140. The maximum atomic E-state index is 13.5. The van der Waals surface area contributed by atoms with Crippen molar-refractivity contribution in [1.82, 2.24) is 9.88 Å². The Bertz CT molecular complexity index is 1530. The van der Waals surface area contributed by atoms with Gasteiger partial charge in [-0.1, -0.05) is 36.4 Å². The summed E-state index contributed by atoms with van der Waals surface area (Å²) in [6, 6.07) is 24.5. The monoisotopic (exact) mass is 520 g/mol. The second-order valence-corrected chi connectivity index (χ2v) is 9.19. The summed E-state index contributed by atoms with van der Waals surface area (Å²) in [6.07, 6.45) is 3.30. The van der Waals surface area contributed by atoms with Gasteiger partial charge in [-0.05, 0) is 79.1 Å². The van der Waals surface area contributed by atoms with Gasteiger partial charge in [0.25, 0.3) is 11.7 Å². The Morgan fingerprint density at radius 3 is 2.46 bits per heavy atom. The van der Waals surface area contributed by atoms with Crippen molar-refractivity contribution < 1.29 is 24.2 Å². The minimum absolute atomic E-state index is 0.0179. The number of benzene rings is 3. The number of pyridine rings is 1. The molecule has 7 heteroatoms. The molecule has 1 aliphatic rings. The number of aromatic nitrogens is 1. The van der Waals surface area contributed by atoms with Crippen LogP contribution in [0.4, 0.5) is 0 Å². The van der Waals surface area contributed by atoms with Gasteiger partial charge in [0.2, 0.25) is 0 Å². The molecule has 7 nitrogen and oxygen atoms in total. The highest BCUT2D eigenvalue weighted by Crippen LogP contribution is 2.41. The first-order valence-electron chi connectivity index (χ1n) is 12.7. The molecule has 1 aliphatic heterocycles. The van der Waals surface area contributed by atoms with E-state index in [1.54, 1.807) is 54.9 Å². The molecule has 0 aliphatic carbocycles. The zero-order valence-corrected chi connectivity index (χ0v) is 21.7. The highest BCUT2D eigenvalue weighted by molar-refractivity contribution is 6.46. The molecule has 1 amide bonds. The SMILES string of the molecule is CCOc1ccc(C(O)=C2C(=O)C(=O)N(Cc3cccnc3)[C@@H]2c2cccc(Oc3ccccc3)c2)cc1C. The lowest BCUT2D eigenvalue weighted by Crippen LogP contribution is -2.29. The fourth-order valence-electron chi connectivity index (χ4n) is 4.72. The van der Waals surface area contributed by atoms with Crippen LogP contribution < -0.4 is 9.47 Å². The van der Waals surface area contributed by atoms with Crippen LogP contribution in [-0.4, -0.2) is 33.3 Å². The Morgan fingerprint density at radius 2 is 1.74 bits per heavy atom. The van der Waals surface area contributed by atoms with Crippen LogP contribution >= 0.6 is 0 Å². The number of para-hydroxylation sites is 1. The molecule has 0 spiro atoms. The zero-order valence-electron chi connectivity index (χ0n) is 21.7. The number of likely N-dealkylation sites (tertiary alicyclic amines) is 1. The number of aliphatic hydroxyl groups excluding tert-OH is 1. The molecule has 2 heterocycles. The van der Waals surface area contributed by atoms with Gasteiger partial charge < -0.3 is 19.5 Å². The van der Waals surface area contributed by atoms with Crippen LogP contribution in [0, 0.1) is 6.92 Å². The smallest absolute Gasteiger partial charge is 0.295 e. The van der Waals surface area contributed by atoms with Crippen LogP contribution in [0.5, 0.6) is 17.2 Å². The molecule has 0 unspecified atom stereocenters. The highest BCUT2D eigenvalue weighted by Gasteiger charge is 2.46. The van der Waals surface area contributed by atoms with Crippen molar-refractivity contribution in [2.45, 2.75) is 26.4 Å². The van der Waals surface area contributed by atoms with Gasteiger partial charge in [-0.3, -0.25) is 14.6 Å². The Morgan fingerprint density at radius 1 is 0.949 bits per heavy atom. The zero-order chi connectivity index (χ0) is 27.4. The predicted molar refractivity (Wildman–Crippen MR) is 147 cm³/mol. The maximum Gasteiger partial charge on any atom is 0.295 e. The number of hydrogen-bond donors (Lipinski definition) is 1. The first kappa shape index (κ1) is 25.7. The van der Waals surface area contributed by atoms with Crippen molar-refractivity contribution >= 4 is 17.4 Å². The van der Waals surface area contributed by atoms with Gasteiger partial charge in [0.1, 0.15) is 23.0 Å². The largest absolute Gasteiger partial charge is 0.507 e. The van der Waals surface area contributed by atoms with Gasteiger partial charge in [0, 0.05) is 24.5 Å². The summed E-state index contributed by atoms with van der Waals surface area (Å²) in [7, 11) is 0. The number of rotatable bonds is 8. The van der Waals surface area contributed by atoms with Gasteiger partial charge in [-0.2, -0.15) is 0 Å². The summed E-state index contributed by atoms with van der Waals surface area (Å²) in [5.74, 6) is 0.206. The summed E-state index contributed by atoms with van der Waals surface area (Å²) < 4.78 is 11.7. The molecule has 1 saturated heterocycles. The van der Waals surface area contributed by atoms with Crippen LogP contribution in [-0.2, 0) is 16.1 Å². The van der Waals surface area contributed by atoms with E-state index >= 15 is 0 Å². The molecule has 39 heavy (non-hydrogen) atoms. The Balaban J connectivity index is 1.61. The predicted octanol–water partition coefficient (Wildman–Crippen LogP) is 6.20. The number of aryl methyl sites for hydroxylation is 1. The van der Waals surface area contributed by atoms with E-state index in [9.17, 15) is 14.7 Å². The van der Waals surface area contributed by atoms with Crippen LogP contribution in [0.3, 0.4) is 0 Å². The number of aliphatic hydroxyl groups is 1. The van der Waals surface area contributed by atoms with Crippen LogP contribution in [0.2, 0.25) is 0 Å². The van der Waals surface area contributed by atoms with E-state index in [1.165, 1.54) is 4.90 Å². The number of carbonyl (C=O) groups excluding carboxylic acids is 2. The number of ether oxygens (including phenoxy) is 2. The third-order valence-electron chi connectivity index (χ3n) is 6.52. The molecule has 0 saturated carbocycles. The van der Waals surface area contributed by atoms with Crippen molar-refractivity contribution in [2.24, 2.45) is 0 Å². The maximum absolute atomic E-state index is 13.5. The second kappa shape index (κ2) is 11.2. The normalized spacial score (nSPS) is 16.4. The van der Waals surface area contributed by atoms with Crippen LogP contribution in [0.15, 0.2) is 103 Å². The van der Waals surface area contributed by atoms with Crippen LogP contribution in [0.25, 0.3) is 5.76 Å². The summed E-state index contributed by atoms with van der Waals surface area (Å²) >= 11 is 0. The first-order valence-corrected chi connectivity index (χ1v) is 12.7. The van der Waals surface area contributed by atoms with Gasteiger partial charge in [0.05, 0.1) is 18.2 Å². The molecule has 1 atom stereocenters. The van der Waals surface area contributed by atoms with E-state index in [0.717, 1.165) is 11.1 Å². The lowest BCUT2D eigenvalue weighted by Gasteiger charge is -2.25. The third-order valence-corrected chi connectivity index (χ3v) is 6.52. The van der Waals surface area contributed by atoms with Gasteiger partial charge >= 0.3 is 0 Å². The standard InChI is InChI=1S/C32H28N2O5/c1-3-38-27-15-14-24(17-21(27)2)30(35)28-29(34(32(37)31(28)36)20-22-9-8-16-33-19-22)23-10-7-13-26(18-23)39-25-11-5-4-6-12-25/h4-19,29,35H,3,20H2,1-2H3/t29-/m1/s1. The number of Topliss-reactive ketones (excluding diaryl/α,β-unsaturated/α-hetero) is 1. The van der Waals surface area contributed by atoms with Crippen molar-refractivity contribution in [2.75, 3.05) is 6.61 Å². The van der Waals surface area contributed by atoms with Crippen molar-refractivity contribution in [3.05, 3.63) is 125 Å².